The third-order valence-corrected chi connectivity index (χ3v) is 8.28. The second-order valence-corrected chi connectivity index (χ2v) is 10.7. The molecule has 0 spiro atoms. The van der Waals surface area contributed by atoms with Crippen LogP contribution in [0, 0.1) is 0 Å². The molecule has 1 aromatic heterocycles. The highest BCUT2D eigenvalue weighted by atomic mass is 32.2. The maximum Gasteiger partial charge on any atom is 0.336 e. The molecule has 5 aromatic rings. The first-order valence-corrected chi connectivity index (χ1v) is 13.9. The normalized spacial score (nSPS) is 12.8. The van der Waals surface area contributed by atoms with Crippen molar-refractivity contribution < 1.29 is 19.5 Å². The lowest BCUT2D eigenvalue weighted by Crippen LogP contribution is -2.18. The molecule has 6 nitrogen and oxygen atoms in total. The molecule has 1 heterocycles. The second-order valence-electron chi connectivity index (χ2n) is 9.66. The molecule has 1 amide bonds. The maximum absolute atomic E-state index is 13.4. The smallest absolute Gasteiger partial charge is 0.336 e. The number of para-hydroxylation sites is 1. The fraction of sp³-hybridized carbons (Fsp3) is 0.156. The van der Waals surface area contributed by atoms with E-state index < -0.39 is 5.97 Å². The first-order chi connectivity index (χ1) is 19.0. The molecule has 0 fully saturated rings. The molecular formula is C32H26N2O4S. The van der Waals surface area contributed by atoms with Crippen molar-refractivity contribution >= 4 is 56.9 Å². The number of nitrogens with zero attached hydrogens (tertiary/aromatic N) is 1. The third kappa shape index (κ3) is 4.70. The van der Waals surface area contributed by atoms with Gasteiger partial charge in [0.25, 0.3) is 5.91 Å². The van der Waals surface area contributed by atoms with E-state index in [1.54, 1.807) is 42.5 Å². The summed E-state index contributed by atoms with van der Waals surface area (Å²) in [6.45, 7) is 0. The first-order valence-electron chi connectivity index (χ1n) is 12.9. The van der Waals surface area contributed by atoms with Crippen molar-refractivity contribution in [2.45, 2.75) is 30.6 Å². The van der Waals surface area contributed by atoms with Crippen LogP contribution in [0.2, 0.25) is 0 Å². The van der Waals surface area contributed by atoms with Gasteiger partial charge in [0.15, 0.2) is 0 Å². The lowest BCUT2D eigenvalue weighted by atomic mass is 9.96. The van der Waals surface area contributed by atoms with E-state index in [9.17, 15) is 19.5 Å². The Hall–Kier alpha value is -4.36. The van der Waals surface area contributed by atoms with Crippen LogP contribution in [0.5, 0.6) is 0 Å². The van der Waals surface area contributed by atoms with Crippen molar-refractivity contribution in [3.63, 3.8) is 0 Å². The number of aryl methyl sites for hydroxylation is 1. The number of aromatic carboxylic acids is 1. The lowest BCUT2D eigenvalue weighted by Gasteiger charge is -2.15. The summed E-state index contributed by atoms with van der Waals surface area (Å²) in [4.78, 5) is 39.1. The number of anilines is 1. The largest absolute Gasteiger partial charge is 0.478 e. The van der Waals surface area contributed by atoms with Gasteiger partial charge in [-0.2, -0.15) is 0 Å². The van der Waals surface area contributed by atoms with Gasteiger partial charge in [-0.05, 0) is 79.1 Å². The predicted molar refractivity (Wildman–Crippen MR) is 155 cm³/mol. The van der Waals surface area contributed by atoms with Crippen molar-refractivity contribution in [1.29, 1.82) is 0 Å². The Balaban J connectivity index is 1.17. The molecule has 0 unspecified atom stereocenters. The summed E-state index contributed by atoms with van der Waals surface area (Å²) < 4.78 is 1.92. The Morgan fingerprint density at radius 1 is 0.821 bits per heavy atom. The maximum atomic E-state index is 13.4. The van der Waals surface area contributed by atoms with Gasteiger partial charge in [-0.25, -0.2) is 4.79 Å². The molecule has 0 bridgehead atoms. The van der Waals surface area contributed by atoms with E-state index in [1.165, 1.54) is 28.8 Å². The van der Waals surface area contributed by atoms with Gasteiger partial charge in [-0.15, -0.1) is 11.8 Å². The Morgan fingerprint density at radius 3 is 2.31 bits per heavy atom. The predicted octanol–water partition coefficient (Wildman–Crippen LogP) is 7.06. The van der Waals surface area contributed by atoms with Gasteiger partial charge in [-0.3, -0.25) is 14.2 Å². The highest BCUT2D eigenvalue weighted by Crippen LogP contribution is 2.33. The van der Waals surface area contributed by atoms with Crippen LogP contribution in [0.4, 0.5) is 5.69 Å². The number of carbonyl (C=O) groups excluding carboxylic acids is 2. The van der Waals surface area contributed by atoms with Crippen LogP contribution in [0.3, 0.4) is 0 Å². The van der Waals surface area contributed by atoms with Crippen molar-refractivity contribution in [1.82, 2.24) is 4.57 Å². The molecule has 2 N–H and O–H groups in total. The van der Waals surface area contributed by atoms with E-state index in [1.807, 2.05) is 34.9 Å². The van der Waals surface area contributed by atoms with Crippen molar-refractivity contribution in [2.75, 3.05) is 11.1 Å². The zero-order chi connectivity index (χ0) is 26.9. The van der Waals surface area contributed by atoms with E-state index >= 15 is 0 Å². The van der Waals surface area contributed by atoms with Crippen LogP contribution < -0.4 is 5.32 Å². The lowest BCUT2D eigenvalue weighted by molar-refractivity contribution is 0.0698. The summed E-state index contributed by atoms with van der Waals surface area (Å²) in [5.74, 6) is -1.08. The number of fused-ring (bicyclic) bond motifs is 4. The summed E-state index contributed by atoms with van der Waals surface area (Å²) in [6.07, 6.45) is 4.22. The SMILES string of the molecule is O=C(O)c1cccc2cccc(C(=O)Nc3ccc(SCC(=O)n4c5c(c6ccccc64)CCCC5)cc3)c12. The fourth-order valence-electron chi connectivity index (χ4n) is 5.53. The minimum atomic E-state index is -1.08. The average Bonchev–Trinajstić information content (AvgIpc) is 3.30. The summed E-state index contributed by atoms with van der Waals surface area (Å²) in [7, 11) is 0. The average molecular weight is 535 g/mol. The molecule has 194 valence electrons. The van der Waals surface area contributed by atoms with E-state index in [0.29, 0.717) is 27.8 Å². The number of thioether (sulfide) groups is 1. The molecule has 1 aliphatic rings. The molecule has 7 heteroatoms. The number of rotatable bonds is 6. The van der Waals surface area contributed by atoms with Gasteiger partial charge in [0.2, 0.25) is 5.91 Å². The standard InChI is InChI=1S/C32H26N2O4S/c35-29(34-27-13-3-1-9-23(27)24-10-2-4-14-28(24)34)19-39-22-17-15-21(16-18-22)33-31(36)25-11-5-7-20-8-6-12-26(30(20)25)32(37)38/h1,3,5-9,11-13,15-18H,2,4,10,14,19H2,(H,33,36)(H,37,38). The highest BCUT2D eigenvalue weighted by Gasteiger charge is 2.23. The van der Waals surface area contributed by atoms with Crippen LogP contribution in [0.1, 0.15) is 49.6 Å². The Morgan fingerprint density at radius 2 is 1.54 bits per heavy atom. The number of carboxylic acids is 1. The zero-order valence-electron chi connectivity index (χ0n) is 21.1. The first kappa shape index (κ1) is 24.9. The molecular weight excluding hydrogens is 508 g/mol. The molecule has 4 aromatic carbocycles. The number of hydrogen-bond donors (Lipinski definition) is 2. The molecule has 1 aliphatic carbocycles. The summed E-state index contributed by atoms with van der Waals surface area (Å²) in [6, 6.07) is 25.6. The Labute approximate surface area is 229 Å². The fourth-order valence-corrected chi connectivity index (χ4v) is 6.28. The number of hydrogen-bond acceptors (Lipinski definition) is 4. The number of benzene rings is 4. The second kappa shape index (κ2) is 10.4. The van der Waals surface area contributed by atoms with Crippen LogP contribution in [0.25, 0.3) is 21.7 Å². The molecule has 0 aliphatic heterocycles. The number of carbonyl (C=O) groups is 3. The summed E-state index contributed by atoms with van der Waals surface area (Å²) in [5, 5.41) is 14.8. The highest BCUT2D eigenvalue weighted by molar-refractivity contribution is 8.00. The van der Waals surface area contributed by atoms with E-state index in [4.69, 9.17) is 0 Å². The Kier molecular flexibility index (Phi) is 6.67. The zero-order valence-corrected chi connectivity index (χ0v) is 22.0. The van der Waals surface area contributed by atoms with E-state index in [0.717, 1.165) is 41.8 Å². The Bertz CT molecular complexity index is 1750. The molecule has 0 radical (unpaired) electrons. The summed E-state index contributed by atoms with van der Waals surface area (Å²) >= 11 is 1.47. The van der Waals surface area contributed by atoms with Crippen LogP contribution in [-0.2, 0) is 12.8 Å². The minimum Gasteiger partial charge on any atom is -0.478 e. The van der Waals surface area contributed by atoms with E-state index in [-0.39, 0.29) is 17.4 Å². The quantitative estimate of drug-likeness (QED) is 0.228. The van der Waals surface area contributed by atoms with Crippen molar-refractivity contribution in [2.24, 2.45) is 0 Å². The van der Waals surface area contributed by atoms with Gasteiger partial charge >= 0.3 is 5.97 Å². The topological polar surface area (TPSA) is 88.4 Å². The molecule has 39 heavy (non-hydrogen) atoms. The van der Waals surface area contributed by atoms with Gasteiger partial charge in [0, 0.05) is 32.6 Å². The monoisotopic (exact) mass is 534 g/mol. The molecule has 0 atom stereocenters. The number of amides is 1. The van der Waals surface area contributed by atoms with Crippen LogP contribution in [0.15, 0.2) is 89.8 Å². The number of aromatic nitrogens is 1. The van der Waals surface area contributed by atoms with Crippen molar-refractivity contribution in [3.8, 4) is 0 Å². The van der Waals surface area contributed by atoms with Crippen LogP contribution in [-0.4, -0.2) is 33.2 Å². The van der Waals surface area contributed by atoms with E-state index in [2.05, 4.69) is 11.4 Å². The van der Waals surface area contributed by atoms with Crippen molar-refractivity contribution in [3.05, 3.63) is 107 Å². The number of nitrogens with one attached hydrogen (secondary N) is 1. The third-order valence-electron chi connectivity index (χ3n) is 7.28. The summed E-state index contributed by atoms with van der Waals surface area (Å²) in [5.41, 5.74) is 4.45. The number of carboxylic acid groups (broad SMARTS) is 1. The minimum absolute atomic E-state index is 0.0712. The molecule has 0 saturated carbocycles. The molecule has 0 saturated heterocycles. The molecule has 6 rings (SSSR count). The van der Waals surface area contributed by atoms with Gasteiger partial charge in [-0.1, -0.05) is 42.5 Å². The van der Waals surface area contributed by atoms with Gasteiger partial charge in [0.1, 0.15) is 0 Å². The van der Waals surface area contributed by atoms with Crippen LogP contribution >= 0.6 is 11.8 Å². The van der Waals surface area contributed by atoms with Gasteiger partial charge < -0.3 is 10.4 Å². The van der Waals surface area contributed by atoms with Gasteiger partial charge in [0.05, 0.1) is 16.8 Å².